The second kappa shape index (κ2) is 5.75. The molecule has 1 aromatic carbocycles. The van der Waals surface area contributed by atoms with E-state index in [1.54, 1.807) is 7.05 Å². The van der Waals surface area contributed by atoms with Crippen LogP contribution in [-0.2, 0) is 0 Å². The fourth-order valence-electron chi connectivity index (χ4n) is 1.67. The van der Waals surface area contributed by atoms with Crippen molar-refractivity contribution >= 4 is 0 Å². The third-order valence-electron chi connectivity index (χ3n) is 2.56. The van der Waals surface area contributed by atoms with Crippen molar-refractivity contribution in [2.75, 3.05) is 7.05 Å². The van der Waals surface area contributed by atoms with E-state index in [-0.39, 0.29) is 11.6 Å². The summed E-state index contributed by atoms with van der Waals surface area (Å²) < 4.78 is 27.0. The molecule has 0 heterocycles. The molecule has 1 aromatic rings. The second-order valence-electron chi connectivity index (χ2n) is 3.97. The molecule has 0 spiro atoms. The molecule has 0 radical (unpaired) electrons. The molecule has 1 unspecified atom stereocenters. The molecule has 16 heavy (non-hydrogen) atoms. The Bertz CT molecular complexity index is 354. The van der Waals surface area contributed by atoms with Gasteiger partial charge in [-0.15, -0.1) is 6.58 Å². The highest BCUT2D eigenvalue weighted by molar-refractivity contribution is 5.23. The van der Waals surface area contributed by atoms with E-state index in [4.69, 9.17) is 0 Å². The van der Waals surface area contributed by atoms with Gasteiger partial charge >= 0.3 is 0 Å². The van der Waals surface area contributed by atoms with Crippen molar-refractivity contribution in [3.63, 3.8) is 0 Å². The Morgan fingerprint density at radius 1 is 1.38 bits per heavy atom. The first kappa shape index (κ1) is 12.8. The van der Waals surface area contributed by atoms with E-state index in [2.05, 4.69) is 11.9 Å². The molecule has 0 aromatic heterocycles. The van der Waals surface area contributed by atoms with Crippen LogP contribution < -0.4 is 5.32 Å². The van der Waals surface area contributed by atoms with Gasteiger partial charge in [-0.2, -0.15) is 0 Å². The summed E-state index contributed by atoms with van der Waals surface area (Å²) in [5.41, 5.74) is 1.13. The Hall–Kier alpha value is -1.22. The van der Waals surface area contributed by atoms with Gasteiger partial charge < -0.3 is 5.32 Å². The minimum absolute atomic E-state index is 0.117. The van der Waals surface area contributed by atoms with Crippen LogP contribution in [0.2, 0.25) is 0 Å². The zero-order chi connectivity index (χ0) is 12.1. The summed E-state index contributed by atoms with van der Waals surface area (Å²) >= 11 is 0. The number of rotatable bonds is 5. The van der Waals surface area contributed by atoms with E-state index < -0.39 is 11.6 Å². The highest BCUT2D eigenvalue weighted by Gasteiger charge is 2.17. The molecule has 1 atom stereocenters. The SMILES string of the molecule is C=C(C)CCC(NC)c1c(F)cccc1F. The van der Waals surface area contributed by atoms with E-state index in [1.165, 1.54) is 18.2 Å². The molecule has 1 N–H and O–H groups in total. The Morgan fingerprint density at radius 2 is 1.94 bits per heavy atom. The Morgan fingerprint density at radius 3 is 2.38 bits per heavy atom. The maximum absolute atomic E-state index is 13.5. The lowest BCUT2D eigenvalue weighted by atomic mass is 9.99. The van der Waals surface area contributed by atoms with Crippen LogP contribution in [0.25, 0.3) is 0 Å². The monoisotopic (exact) mass is 225 g/mol. The molecule has 0 bridgehead atoms. The fraction of sp³-hybridized carbons (Fsp3) is 0.385. The van der Waals surface area contributed by atoms with Crippen LogP contribution in [0.3, 0.4) is 0 Å². The summed E-state index contributed by atoms with van der Waals surface area (Å²) in [5, 5.41) is 2.93. The van der Waals surface area contributed by atoms with Crippen molar-refractivity contribution in [1.29, 1.82) is 0 Å². The second-order valence-corrected chi connectivity index (χ2v) is 3.97. The van der Waals surface area contributed by atoms with Crippen molar-refractivity contribution in [2.45, 2.75) is 25.8 Å². The van der Waals surface area contributed by atoms with Crippen LogP contribution in [0.5, 0.6) is 0 Å². The maximum Gasteiger partial charge on any atom is 0.130 e. The van der Waals surface area contributed by atoms with E-state index in [9.17, 15) is 8.78 Å². The number of nitrogens with one attached hydrogen (secondary N) is 1. The molecular weight excluding hydrogens is 208 g/mol. The lowest BCUT2D eigenvalue weighted by Gasteiger charge is -2.18. The largest absolute Gasteiger partial charge is 0.313 e. The third kappa shape index (κ3) is 3.14. The molecule has 3 heteroatoms. The van der Waals surface area contributed by atoms with Crippen LogP contribution in [0.15, 0.2) is 30.4 Å². The van der Waals surface area contributed by atoms with Crippen LogP contribution in [0, 0.1) is 11.6 Å². The van der Waals surface area contributed by atoms with Gasteiger partial charge in [-0.05, 0) is 38.9 Å². The van der Waals surface area contributed by atoms with Gasteiger partial charge in [0.25, 0.3) is 0 Å². The normalized spacial score (nSPS) is 12.5. The maximum atomic E-state index is 13.5. The van der Waals surface area contributed by atoms with Gasteiger partial charge in [0, 0.05) is 11.6 Å². The first-order valence-corrected chi connectivity index (χ1v) is 5.31. The molecule has 0 saturated heterocycles. The first-order chi connectivity index (χ1) is 7.56. The molecule has 0 fully saturated rings. The molecule has 1 rings (SSSR count). The lowest BCUT2D eigenvalue weighted by molar-refractivity contribution is 0.471. The third-order valence-corrected chi connectivity index (χ3v) is 2.56. The molecular formula is C13H17F2N. The van der Waals surface area contributed by atoms with Gasteiger partial charge in [-0.3, -0.25) is 0 Å². The Kier molecular flexibility index (Phi) is 4.62. The lowest BCUT2D eigenvalue weighted by Crippen LogP contribution is -2.19. The van der Waals surface area contributed by atoms with Gasteiger partial charge in [0.05, 0.1) is 0 Å². The summed E-state index contributed by atoms with van der Waals surface area (Å²) in [6.45, 7) is 5.69. The predicted octanol–water partition coefficient (Wildman–Crippen LogP) is 3.58. The molecule has 0 aliphatic heterocycles. The molecule has 0 amide bonds. The van der Waals surface area contributed by atoms with Crippen molar-refractivity contribution in [3.05, 3.63) is 47.5 Å². The van der Waals surface area contributed by atoms with Gasteiger partial charge in [-0.25, -0.2) is 8.78 Å². The summed E-state index contributed by atoms with van der Waals surface area (Å²) in [7, 11) is 1.70. The average Bonchev–Trinajstić information content (AvgIpc) is 2.22. The smallest absolute Gasteiger partial charge is 0.130 e. The Labute approximate surface area is 95.2 Å². The van der Waals surface area contributed by atoms with E-state index in [1.807, 2.05) is 6.92 Å². The van der Waals surface area contributed by atoms with Crippen molar-refractivity contribution in [3.8, 4) is 0 Å². The minimum atomic E-state index is -0.499. The number of benzene rings is 1. The van der Waals surface area contributed by atoms with E-state index in [0.717, 1.165) is 12.0 Å². The molecule has 0 aliphatic rings. The minimum Gasteiger partial charge on any atom is -0.313 e. The number of hydrogen-bond acceptors (Lipinski definition) is 1. The molecule has 1 nitrogen and oxygen atoms in total. The van der Waals surface area contributed by atoms with E-state index >= 15 is 0 Å². The van der Waals surface area contributed by atoms with Crippen LogP contribution in [0.1, 0.15) is 31.4 Å². The van der Waals surface area contributed by atoms with Crippen LogP contribution in [-0.4, -0.2) is 7.05 Å². The number of hydrogen-bond donors (Lipinski definition) is 1. The molecule has 0 saturated carbocycles. The van der Waals surface area contributed by atoms with Gasteiger partial charge in [0.1, 0.15) is 11.6 Å². The van der Waals surface area contributed by atoms with Crippen LogP contribution in [0.4, 0.5) is 8.78 Å². The highest BCUT2D eigenvalue weighted by atomic mass is 19.1. The van der Waals surface area contributed by atoms with Crippen molar-refractivity contribution in [2.24, 2.45) is 0 Å². The van der Waals surface area contributed by atoms with E-state index in [0.29, 0.717) is 6.42 Å². The van der Waals surface area contributed by atoms with Crippen molar-refractivity contribution in [1.82, 2.24) is 5.32 Å². The summed E-state index contributed by atoms with van der Waals surface area (Å²) in [4.78, 5) is 0. The zero-order valence-electron chi connectivity index (χ0n) is 9.69. The fourth-order valence-corrected chi connectivity index (χ4v) is 1.67. The first-order valence-electron chi connectivity index (χ1n) is 5.31. The molecule has 0 aliphatic carbocycles. The quantitative estimate of drug-likeness (QED) is 0.755. The average molecular weight is 225 g/mol. The summed E-state index contributed by atoms with van der Waals surface area (Å²) in [5.74, 6) is -0.998. The predicted molar refractivity (Wildman–Crippen MR) is 62.2 cm³/mol. The highest BCUT2D eigenvalue weighted by Crippen LogP contribution is 2.25. The summed E-state index contributed by atoms with van der Waals surface area (Å²) in [6, 6.07) is 3.63. The van der Waals surface area contributed by atoms with Crippen molar-refractivity contribution < 1.29 is 8.78 Å². The number of halogens is 2. The van der Waals surface area contributed by atoms with Gasteiger partial charge in [-0.1, -0.05) is 11.6 Å². The molecule has 88 valence electrons. The standard InChI is InChI=1S/C13H17F2N/c1-9(2)7-8-12(16-3)13-10(14)5-4-6-11(13)15/h4-6,12,16H,1,7-8H2,2-3H3. The zero-order valence-corrected chi connectivity index (χ0v) is 9.69. The van der Waals surface area contributed by atoms with Gasteiger partial charge in [0.15, 0.2) is 0 Å². The van der Waals surface area contributed by atoms with Crippen LogP contribution >= 0.6 is 0 Å². The summed E-state index contributed by atoms with van der Waals surface area (Å²) in [6.07, 6.45) is 1.39. The van der Waals surface area contributed by atoms with Gasteiger partial charge in [0.2, 0.25) is 0 Å². The topological polar surface area (TPSA) is 12.0 Å². The number of allylic oxidation sites excluding steroid dienone is 1. The Balaban J connectivity index is 2.90.